The molecule has 2 aliphatic rings. The third kappa shape index (κ3) is 3.22. The Balaban J connectivity index is 1.67. The SMILES string of the molecule is O=c1[nH]c(=O)n(C2CCCCC2)c(O)c1C1=NN[C@H](c2ccc(O)cc2)C1. The molecule has 1 fully saturated rings. The summed E-state index contributed by atoms with van der Waals surface area (Å²) >= 11 is 0. The molecule has 1 aromatic carbocycles. The molecule has 8 heteroatoms. The molecule has 1 saturated carbocycles. The molecule has 0 amide bonds. The number of phenolic OH excluding ortho intramolecular Hbond substituents is 1. The van der Waals surface area contributed by atoms with E-state index in [0.29, 0.717) is 12.1 Å². The van der Waals surface area contributed by atoms with Crippen LogP contribution in [0, 0.1) is 0 Å². The lowest BCUT2D eigenvalue weighted by Gasteiger charge is -2.25. The van der Waals surface area contributed by atoms with Crippen molar-refractivity contribution in [3.05, 3.63) is 56.2 Å². The molecule has 4 rings (SSSR count). The summed E-state index contributed by atoms with van der Waals surface area (Å²) in [6.07, 6.45) is 5.12. The molecule has 4 N–H and O–H groups in total. The van der Waals surface area contributed by atoms with Gasteiger partial charge in [-0.3, -0.25) is 14.3 Å². The van der Waals surface area contributed by atoms with Gasteiger partial charge >= 0.3 is 5.69 Å². The highest BCUT2D eigenvalue weighted by Gasteiger charge is 2.29. The lowest BCUT2D eigenvalue weighted by atomic mass is 9.95. The summed E-state index contributed by atoms with van der Waals surface area (Å²) in [5, 5.41) is 24.4. The molecule has 1 aliphatic carbocycles. The van der Waals surface area contributed by atoms with Crippen LogP contribution in [0.15, 0.2) is 39.0 Å². The van der Waals surface area contributed by atoms with Crippen LogP contribution in [0.25, 0.3) is 0 Å². The van der Waals surface area contributed by atoms with Crippen LogP contribution in [0.3, 0.4) is 0 Å². The van der Waals surface area contributed by atoms with Crippen molar-refractivity contribution in [1.82, 2.24) is 15.0 Å². The maximum atomic E-state index is 12.4. The van der Waals surface area contributed by atoms with Gasteiger partial charge in [0.2, 0.25) is 5.88 Å². The van der Waals surface area contributed by atoms with E-state index in [-0.39, 0.29) is 29.3 Å². The number of H-pyrrole nitrogens is 1. The number of nitrogens with zero attached hydrogens (tertiary/aromatic N) is 2. The molecular weight excluding hydrogens is 348 g/mol. The first-order chi connectivity index (χ1) is 13.0. The number of hydrazone groups is 1. The summed E-state index contributed by atoms with van der Waals surface area (Å²) in [4.78, 5) is 27.0. The first kappa shape index (κ1) is 17.4. The van der Waals surface area contributed by atoms with Crippen LogP contribution in [-0.4, -0.2) is 25.5 Å². The first-order valence-electron chi connectivity index (χ1n) is 9.24. The van der Waals surface area contributed by atoms with E-state index in [2.05, 4.69) is 15.5 Å². The molecule has 1 aromatic heterocycles. The van der Waals surface area contributed by atoms with Gasteiger partial charge in [-0.2, -0.15) is 5.10 Å². The summed E-state index contributed by atoms with van der Waals surface area (Å²) in [6, 6.07) is 6.45. The van der Waals surface area contributed by atoms with Gasteiger partial charge in [0.15, 0.2) is 0 Å². The Kier molecular flexibility index (Phi) is 4.47. The van der Waals surface area contributed by atoms with E-state index in [0.717, 1.165) is 37.7 Å². The molecule has 1 aliphatic heterocycles. The Bertz CT molecular complexity index is 984. The highest BCUT2D eigenvalue weighted by Crippen LogP contribution is 2.32. The predicted molar refractivity (Wildman–Crippen MR) is 100 cm³/mol. The fourth-order valence-electron chi connectivity index (χ4n) is 3.97. The maximum Gasteiger partial charge on any atom is 0.331 e. The Morgan fingerprint density at radius 2 is 1.74 bits per heavy atom. The molecule has 0 unspecified atom stereocenters. The van der Waals surface area contributed by atoms with Crippen molar-refractivity contribution < 1.29 is 10.2 Å². The minimum Gasteiger partial charge on any atom is -0.508 e. The fraction of sp³-hybridized carbons (Fsp3) is 0.421. The average Bonchev–Trinajstić information content (AvgIpc) is 3.12. The van der Waals surface area contributed by atoms with Gasteiger partial charge in [0.1, 0.15) is 11.3 Å². The van der Waals surface area contributed by atoms with E-state index in [1.54, 1.807) is 24.3 Å². The van der Waals surface area contributed by atoms with Crippen molar-refractivity contribution in [2.75, 3.05) is 0 Å². The van der Waals surface area contributed by atoms with Gasteiger partial charge in [0.05, 0.1) is 11.8 Å². The number of aromatic nitrogens is 2. The topological polar surface area (TPSA) is 120 Å². The molecule has 142 valence electrons. The Labute approximate surface area is 155 Å². The van der Waals surface area contributed by atoms with Gasteiger partial charge in [0, 0.05) is 12.5 Å². The molecule has 27 heavy (non-hydrogen) atoms. The molecule has 8 nitrogen and oxygen atoms in total. The van der Waals surface area contributed by atoms with Gasteiger partial charge < -0.3 is 15.6 Å². The normalized spacial score (nSPS) is 20.3. The molecule has 0 saturated heterocycles. The van der Waals surface area contributed by atoms with Crippen molar-refractivity contribution in [3.63, 3.8) is 0 Å². The average molecular weight is 370 g/mol. The van der Waals surface area contributed by atoms with Crippen molar-refractivity contribution in [3.8, 4) is 11.6 Å². The molecule has 0 bridgehead atoms. The highest BCUT2D eigenvalue weighted by molar-refractivity contribution is 6.03. The Hall–Kier alpha value is -3.03. The summed E-state index contributed by atoms with van der Waals surface area (Å²) in [5.74, 6) is -0.130. The minimum absolute atomic E-state index is 0.0500. The number of rotatable bonds is 3. The molecule has 0 radical (unpaired) electrons. The fourth-order valence-corrected chi connectivity index (χ4v) is 3.97. The number of benzene rings is 1. The van der Waals surface area contributed by atoms with Gasteiger partial charge in [0.25, 0.3) is 5.56 Å². The molecule has 1 atom stereocenters. The van der Waals surface area contributed by atoms with Crippen LogP contribution in [0.2, 0.25) is 0 Å². The third-order valence-electron chi connectivity index (χ3n) is 5.39. The van der Waals surface area contributed by atoms with Gasteiger partial charge in [-0.15, -0.1) is 0 Å². The van der Waals surface area contributed by atoms with E-state index >= 15 is 0 Å². The lowest BCUT2D eigenvalue weighted by molar-refractivity contribution is 0.298. The predicted octanol–water partition coefficient (Wildman–Crippen LogP) is 1.89. The molecule has 2 heterocycles. The summed E-state index contributed by atoms with van der Waals surface area (Å²) in [6.45, 7) is 0. The van der Waals surface area contributed by atoms with Crippen LogP contribution < -0.4 is 16.7 Å². The second-order valence-electron chi connectivity index (χ2n) is 7.16. The number of phenols is 1. The Morgan fingerprint density at radius 3 is 2.44 bits per heavy atom. The van der Waals surface area contributed by atoms with E-state index < -0.39 is 11.2 Å². The zero-order chi connectivity index (χ0) is 19.0. The largest absolute Gasteiger partial charge is 0.508 e. The number of hydrogen-bond donors (Lipinski definition) is 4. The van der Waals surface area contributed by atoms with Crippen molar-refractivity contribution in [1.29, 1.82) is 0 Å². The number of aromatic amines is 1. The number of aromatic hydroxyl groups is 2. The zero-order valence-corrected chi connectivity index (χ0v) is 14.8. The summed E-state index contributed by atoms with van der Waals surface area (Å²) < 4.78 is 1.31. The van der Waals surface area contributed by atoms with Gasteiger partial charge in [-0.1, -0.05) is 31.4 Å². The highest BCUT2D eigenvalue weighted by atomic mass is 16.3. The van der Waals surface area contributed by atoms with Crippen LogP contribution in [0.5, 0.6) is 11.6 Å². The van der Waals surface area contributed by atoms with Crippen LogP contribution in [-0.2, 0) is 0 Å². The summed E-state index contributed by atoms with van der Waals surface area (Å²) in [7, 11) is 0. The zero-order valence-electron chi connectivity index (χ0n) is 14.8. The van der Waals surface area contributed by atoms with Crippen LogP contribution in [0.4, 0.5) is 0 Å². The van der Waals surface area contributed by atoms with E-state index in [1.807, 2.05) is 0 Å². The standard InChI is InChI=1S/C19H22N4O4/c24-13-8-6-11(7-9-13)14-10-15(22-21-14)16-17(25)20-19(27)23(18(16)26)12-4-2-1-3-5-12/h6-9,12,14,21,24,26H,1-5,10H2,(H,20,25,27)/t14-/m0/s1. The van der Waals surface area contributed by atoms with E-state index in [4.69, 9.17) is 0 Å². The first-order valence-corrected chi connectivity index (χ1v) is 9.24. The van der Waals surface area contributed by atoms with Gasteiger partial charge in [-0.05, 0) is 30.5 Å². The summed E-state index contributed by atoms with van der Waals surface area (Å²) in [5.41, 5.74) is 3.13. The number of hydrogen-bond acceptors (Lipinski definition) is 6. The smallest absolute Gasteiger partial charge is 0.331 e. The number of nitrogens with one attached hydrogen (secondary N) is 2. The second kappa shape index (κ2) is 6.94. The second-order valence-corrected chi connectivity index (χ2v) is 7.16. The van der Waals surface area contributed by atoms with Crippen molar-refractivity contribution >= 4 is 5.71 Å². The van der Waals surface area contributed by atoms with Crippen LogP contribution >= 0.6 is 0 Å². The van der Waals surface area contributed by atoms with Gasteiger partial charge in [-0.25, -0.2) is 4.79 Å². The monoisotopic (exact) mass is 370 g/mol. The van der Waals surface area contributed by atoms with E-state index in [9.17, 15) is 19.8 Å². The molecule has 2 aromatic rings. The quantitative estimate of drug-likeness (QED) is 0.658. The molecular formula is C19H22N4O4. The third-order valence-corrected chi connectivity index (χ3v) is 5.39. The van der Waals surface area contributed by atoms with Crippen LogP contribution in [0.1, 0.15) is 61.7 Å². The van der Waals surface area contributed by atoms with Crippen molar-refractivity contribution in [2.24, 2.45) is 5.10 Å². The van der Waals surface area contributed by atoms with Crippen molar-refractivity contribution in [2.45, 2.75) is 50.6 Å². The Morgan fingerprint density at radius 1 is 1.04 bits per heavy atom. The lowest BCUT2D eigenvalue weighted by Crippen LogP contribution is -2.36. The van der Waals surface area contributed by atoms with E-state index in [1.165, 1.54) is 4.57 Å². The minimum atomic E-state index is -0.628. The molecule has 0 spiro atoms. The maximum absolute atomic E-state index is 12.4.